The molecule has 2 N–H and O–H groups in total. The minimum Gasteiger partial charge on any atom is -0.497 e. The summed E-state index contributed by atoms with van der Waals surface area (Å²) in [5, 5.41) is 1.08. The van der Waals surface area contributed by atoms with Crippen LogP contribution in [0.4, 0.5) is 5.69 Å². The van der Waals surface area contributed by atoms with Gasteiger partial charge in [-0.1, -0.05) is 18.2 Å². The topological polar surface area (TPSA) is 40.2 Å². The predicted molar refractivity (Wildman–Crippen MR) is 74.2 cm³/mol. The van der Waals surface area contributed by atoms with Crippen molar-refractivity contribution in [3.8, 4) is 11.4 Å². The van der Waals surface area contributed by atoms with Crippen LogP contribution in [0.1, 0.15) is 0 Å². The Labute approximate surface area is 105 Å². The Bertz CT molecular complexity index is 683. The van der Waals surface area contributed by atoms with Crippen molar-refractivity contribution < 1.29 is 4.74 Å². The van der Waals surface area contributed by atoms with Gasteiger partial charge in [-0.3, -0.25) is 0 Å². The van der Waals surface area contributed by atoms with Crippen LogP contribution in [0, 0.1) is 0 Å². The molecule has 0 aliphatic carbocycles. The first-order valence-electron chi connectivity index (χ1n) is 5.79. The summed E-state index contributed by atoms with van der Waals surface area (Å²) in [6.45, 7) is 0. The molecule has 90 valence electrons. The summed E-state index contributed by atoms with van der Waals surface area (Å²) in [6, 6.07) is 16.0. The largest absolute Gasteiger partial charge is 0.497 e. The van der Waals surface area contributed by atoms with Gasteiger partial charge in [-0.2, -0.15) is 0 Å². The van der Waals surface area contributed by atoms with Gasteiger partial charge in [0.2, 0.25) is 0 Å². The Balaban J connectivity index is 2.18. The van der Waals surface area contributed by atoms with Crippen molar-refractivity contribution in [2.45, 2.75) is 0 Å². The average Bonchev–Trinajstić information content (AvgIpc) is 2.77. The van der Waals surface area contributed by atoms with E-state index in [9.17, 15) is 0 Å². The molecular formula is C15H14N2O. The van der Waals surface area contributed by atoms with E-state index in [1.54, 1.807) is 7.11 Å². The van der Waals surface area contributed by atoms with Crippen molar-refractivity contribution in [2.24, 2.45) is 0 Å². The average molecular weight is 238 g/mol. The fourth-order valence-corrected chi connectivity index (χ4v) is 2.16. The van der Waals surface area contributed by atoms with Crippen LogP contribution >= 0.6 is 0 Å². The lowest BCUT2D eigenvalue weighted by Crippen LogP contribution is -1.92. The monoisotopic (exact) mass is 238 g/mol. The number of aromatic nitrogens is 1. The number of para-hydroxylation sites is 1. The van der Waals surface area contributed by atoms with Gasteiger partial charge in [0, 0.05) is 17.3 Å². The molecule has 3 nitrogen and oxygen atoms in total. The zero-order valence-electron chi connectivity index (χ0n) is 10.1. The van der Waals surface area contributed by atoms with Crippen molar-refractivity contribution >= 4 is 16.6 Å². The molecule has 3 heteroatoms. The van der Waals surface area contributed by atoms with Gasteiger partial charge in [0.05, 0.1) is 18.3 Å². The second-order valence-corrected chi connectivity index (χ2v) is 4.17. The van der Waals surface area contributed by atoms with E-state index < -0.39 is 0 Å². The molecule has 0 radical (unpaired) electrons. The number of benzene rings is 2. The molecule has 0 saturated carbocycles. The summed E-state index contributed by atoms with van der Waals surface area (Å²) in [5.74, 6) is 0.850. The van der Waals surface area contributed by atoms with Gasteiger partial charge in [0.1, 0.15) is 5.75 Å². The highest BCUT2D eigenvalue weighted by atomic mass is 16.5. The van der Waals surface area contributed by atoms with E-state index in [2.05, 4.69) is 10.6 Å². The number of hydrogen-bond acceptors (Lipinski definition) is 2. The van der Waals surface area contributed by atoms with E-state index in [-0.39, 0.29) is 0 Å². The molecule has 0 bridgehead atoms. The Kier molecular flexibility index (Phi) is 2.45. The molecule has 1 heterocycles. The number of nitrogens with two attached hydrogens (primary N) is 1. The van der Waals surface area contributed by atoms with Crippen LogP contribution in [-0.4, -0.2) is 11.7 Å². The lowest BCUT2D eigenvalue weighted by atomic mass is 10.2. The molecule has 0 aliphatic heterocycles. The third kappa shape index (κ3) is 1.61. The fourth-order valence-electron chi connectivity index (χ4n) is 2.16. The van der Waals surface area contributed by atoms with Gasteiger partial charge in [0.15, 0.2) is 0 Å². The van der Waals surface area contributed by atoms with E-state index in [0.29, 0.717) is 0 Å². The van der Waals surface area contributed by atoms with Crippen LogP contribution in [0.2, 0.25) is 0 Å². The summed E-state index contributed by atoms with van der Waals surface area (Å²) >= 11 is 0. The number of ether oxygens (including phenoxy) is 1. The van der Waals surface area contributed by atoms with E-state index in [1.165, 1.54) is 0 Å². The summed E-state index contributed by atoms with van der Waals surface area (Å²) in [7, 11) is 1.66. The van der Waals surface area contributed by atoms with Crippen molar-refractivity contribution in [3.05, 3.63) is 54.7 Å². The number of nitrogens with zero attached hydrogens (tertiary/aromatic N) is 1. The molecule has 3 rings (SSSR count). The van der Waals surface area contributed by atoms with Crippen LogP contribution in [0.5, 0.6) is 5.75 Å². The van der Waals surface area contributed by atoms with E-state index in [0.717, 1.165) is 28.0 Å². The molecule has 0 saturated heterocycles. The molecule has 2 aromatic carbocycles. The molecule has 0 atom stereocenters. The number of rotatable bonds is 2. The van der Waals surface area contributed by atoms with Crippen molar-refractivity contribution in [1.29, 1.82) is 0 Å². The first-order valence-corrected chi connectivity index (χ1v) is 5.79. The zero-order chi connectivity index (χ0) is 12.5. The maximum Gasteiger partial charge on any atom is 0.119 e. The standard InChI is InChI=1S/C15H14N2O/c1-18-12-8-6-11(7-9-12)17-10-14(16)13-4-2-3-5-15(13)17/h2-10H,16H2,1H3. The highest BCUT2D eigenvalue weighted by Gasteiger charge is 2.06. The third-order valence-electron chi connectivity index (χ3n) is 3.09. The number of anilines is 1. The summed E-state index contributed by atoms with van der Waals surface area (Å²) in [4.78, 5) is 0. The van der Waals surface area contributed by atoms with Crippen molar-refractivity contribution in [2.75, 3.05) is 12.8 Å². The van der Waals surface area contributed by atoms with E-state index in [1.807, 2.05) is 48.7 Å². The third-order valence-corrected chi connectivity index (χ3v) is 3.09. The van der Waals surface area contributed by atoms with Gasteiger partial charge in [-0.05, 0) is 30.3 Å². The number of fused-ring (bicyclic) bond motifs is 1. The molecule has 18 heavy (non-hydrogen) atoms. The normalized spacial score (nSPS) is 10.7. The second kappa shape index (κ2) is 4.11. The highest BCUT2D eigenvalue weighted by molar-refractivity contribution is 5.93. The Morgan fingerprint density at radius 2 is 1.72 bits per heavy atom. The van der Waals surface area contributed by atoms with Crippen molar-refractivity contribution in [1.82, 2.24) is 4.57 Å². The summed E-state index contributed by atoms with van der Waals surface area (Å²) in [5.41, 5.74) is 9.00. The molecule has 0 fully saturated rings. The zero-order valence-corrected chi connectivity index (χ0v) is 10.1. The molecule has 0 spiro atoms. The fraction of sp³-hybridized carbons (Fsp3) is 0.0667. The summed E-state index contributed by atoms with van der Waals surface area (Å²) in [6.07, 6.45) is 1.95. The van der Waals surface area contributed by atoms with Crippen molar-refractivity contribution in [3.63, 3.8) is 0 Å². The van der Waals surface area contributed by atoms with Gasteiger partial charge in [-0.25, -0.2) is 0 Å². The van der Waals surface area contributed by atoms with Gasteiger partial charge in [-0.15, -0.1) is 0 Å². The van der Waals surface area contributed by atoms with Gasteiger partial charge >= 0.3 is 0 Å². The maximum atomic E-state index is 6.02. The first-order chi connectivity index (χ1) is 8.79. The van der Waals surface area contributed by atoms with E-state index in [4.69, 9.17) is 10.5 Å². The van der Waals surface area contributed by atoms with E-state index >= 15 is 0 Å². The van der Waals surface area contributed by atoms with Gasteiger partial charge in [0.25, 0.3) is 0 Å². The highest BCUT2D eigenvalue weighted by Crippen LogP contribution is 2.27. The van der Waals surface area contributed by atoms with Crippen LogP contribution in [0.15, 0.2) is 54.7 Å². The molecule has 0 amide bonds. The Hall–Kier alpha value is -2.42. The SMILES string of the molecule is COc1ccc(-n2cc(N)c3ccccc32)cc1. The van der Waals surface area contributed by atoms with Crippen LogP contribution < -0.4 is 10.5 Å². The maximum absolute atomic E-state index is 6.02. The Morgan fingerprint density at radius 1 is 1.00 bits per heavy atom. The predicted octanol–water partition coefficient (Wildman–Crippen LogP) is 3.22. The lowest BCUT2D eigenvalue weighted by molar-refractivity contribution is 0.415. The first kappa shape index (κ1) is 10.7. The molecule has 1 aromatic heterocycles. The van der Waals surface area contributed by atoms with Crippen LogP contribution in [0.25, 0.3) is 16.6 Å². The molecule has 0 unspecified atom stereocenters. The summed E-state index contributed by atoms with van der Waals surface area (Å²) < 4.78 is 7.25. The lowest BCUT2D eigenvalue weighted by Gasteiger charge is -2.06. The minimum absolute atomic E-state index is 0.793. The van der Waals surface area contributed by atoms with Crippen LogP contribution in [-0.2, 0) is 0 Å². The Morgan fingerprint density at radius 3 is 2.44 bits per heavy atom. The van der Waals surface area contributed by atoms with Crippen LogP contribution in [0.3, 0.4) is 0 Å². The molecular weight excluding hydrogens is 224 g/mol. The minimum atomic E-state index is 0.793. The molecule has 0 aliphatic rings. The number of hydrogen-bond donors (Lipinski definition) is 1. The number of nitrogen functional groups attached to an aromatic ring is 1. The van der Waals surface area contributed by atoms with Gasteiger partial charge < -0.3 is 15.0 Å². The number of methoxy groups -OCH3 is 1. The molecule has 3 aromatic rings. The quantitative estimate of drug-likeness (QED) is 0.744. The smallest absolute Gasteiger partial charge is 0.119 e. The second-order valence-electron chi connectivity index (χ2n) is 4.17.